The fraction of sp³-hybridized carbons (Fsp3) is 0.348. The van der Waals surface area contributed by atoms with Gasteiger partial charge in [0.15, 0.2) is 12.4 Å². The zero-order valence-corrected chi connectivity index (χ0v) is 19.6. The standard InChI is InChI=1S/C23H23ClFN3O9/c24-14-4-2-1-3-12(14)20(37-22-18(32)16(30)17(31)19(36-22)21(33)34)23(35,8-28-10-26-9-27-28)13-6-5-11(25)7-15(13)29/h1-7,9-10,16-20,22,29-32,35H,8H2,(H,33,34)/t16-,17-,18+,19-,20?,22+,23?/m0/s1. The summed E-state index contributed by atoms with van der Waals surface area (Å²) in [4.78, 5) is 15.4. The van der Waals surface area contributed by atoms with Crippen molar-refractivity contribution in [3.05, 3.63) is 77.1 Å². The van der Waals surface area contributed by atoms with Gasteiger partial charge in [0.25, 0.3) is 0 Å². The first-order valence-corrected chi connectivity index (χ1v) is 11.3. The second-order valence-corrected chi connectivity index (χ2v) is 8.86. The molecule has 0 aliphatic carbocycles. The summed E-state index contributed by atoms with van der Waals surface area (Å²) >= 11 is 6.41. The number of aliphatic hydroxyl groups is 4. The van der Waals surface area contributed by atoms with Crippen LogP contribution < -0.4 is 0 Å². The van der Waals surface area contributed by atoms with Gasteiger partial charge in [-0.15, -0.1) is 0 Å². The van der Waals surface area contributed by atoms with Crippen molar-refractivity contribution in [2.75, 3.05) is 0 Å². The van der Waals surface area contributed by atoms with Crippen molar-refractivity contribution in [3.8, 4) is 5.75 Å². The van der Waals surface area contributed by atoms with Crippen LogP contribution in [0.3, 0.4) is 0 Å². The van der Waals surface area contributed by atoms with Crippen LogP contribution in [0.15, 0.2) is 55.1 Å². The van der Waals surface area contributed by atoms with Crippen molar-refractivity contribution in [1.82, 2.24) is 14.8 Å². The summed E-state index contributed by atoms with van der Waals surface area (Å²) in [7, 11) is 0. The Morgan fingerprint density at radius 1 is 1.19 bits per heavy atom. The topological polar surface area (TPSA) is 188 Å². The number of phenolic OH excluding ortho intramolecular Hbond substituents is 1. The molecule has 2 aromatic carbocycles. The van der Waals surface area contributed by atoms with Gasteiger partial charge in [-0.2, -0.15) is 5.10 Å². The molecular formula is C23H23ClFN3O9. The molecule has 198 valence electrons. The van der Waals surface area contributed by atoms with Gasteiger partial charge in [0.1, 0.15) is 54.2 Å². The number of carboxylic acid groups (broad SMARTS) is 1. The molecule has 0 amide bonds. The minimum atomic E-state index is -2.33. The number of nitrogens with zero attached hydrogens (tertiary/aromatic N) is 3. The molecule has 1 aliphatic rings. The average molecular weight is 540 g/mol. The molecule has 14 heteroatoms. The highest BCUT2D eigenvalue weighted by atomic mass is 35.5. The molecule has 0 spiro atoms. The number of halogens is 2. The smallest absolute Gasteiger partial charge is 0.335 e. The summed E-state index contributed by atoms with van der Waals surface area (Å²) in [5.74, 6) is -3.10. The van der Waals surface area contributed by atoms with E-state index in [0.29, 0.717) is 0 Å². The molecular weight excluding hydrogens is 517 g/mol. The third kappa shape index (κ3) is 5.29. The Morgan fingerprint density at radius 3 is 2.54 bits per heavy atom. The molecule has 37 heavy (non-hydrogen) atoms. The summed E-state index contributed by atoms with van der Waals surface area (Å²) in [6, 6.07) is 8.90. The lowest BCUT2D eigenvalue weighted by molar-refractivity contribution is -0.321. The highest BCUT2D eigenvalue weighted by molar-refractivity contribution is 6.31. The lowest BCUT2D eigenvalue weighted by Gasteiger charge is -2.43. The second kappa shape index (κ2) is 10.7. The first kappa shape index (κ1) is 26.9. The predicted molar refractivity (Wildman–Crippen MR) is 122 cm³/mol. The van der Waals surface area contributed by atoms with Crippen molar-refractivity contribution in [1.29, 1.82) is 0 Å². The largest absolute Gasteiger partial charge is 0.507 e. The fourth-order valence-corrected chi connectivity index (χ4v) is 4.41. The minimum Gasteiger partial charge on any atom is -0.507 e. The number of carbonyl (C=O) groups is 1. The highest BCUT2D eigenvalue weighted by Gasteiger charge is 2.51. The molecule has 2 heterocycles. The van der Waals surface area contributed by atoms with E-state index in [9.17, 15) is 39.8 Å². The first-order valence-electron chi connectivity index (χ1n) is 10.9. The van der Waals surface area contributed by atoms with E-state index in [1.54, 1.807) is 12.1 Å². The Hall–Kier alpha value is -3.17. The van der Waals surface area contributed by atoms with Gasteiger partial charge >= 0.3 is 5.97 Å². The first-order chi connectivity index (χ1) is 17.5. The number of hydrogen-bond donors (Lipinski definition) is 6. The second-order valence-electron chi connectivity index (χ2n) is 8.45. The van der Waals surface area contributed by atoms with E-state index in [1.165, 1.54) is 29.5 Å². The number of phenols is 1. The number of ether oxygens (including phenoxy) is 2. The Bertz CT molecular complexity index is 1250. The Kier molecular flexibility index (Phi) is 7.75. The van der Waals surface area contributed by atoms with E-state index in [0.717, 1.165) is 18.2 Å². The number of aromatic nitrogens is 3. The molecule has 3 aromatic rings. The maximum absolute atomic E-state index is 13.8. The predicted octanol–water partition coefficient (Wildman–Crippen LogP) is 0.314. The summed E-state index contributed by atoms with van der Waals surface area (Å²) in [6.45, 7) is -0.460. The van der Waals surface area contributed by atoms with Gasteiger partial charge in [-0.25, -0.2) is 18.9 Å². The SMILES string of the molecule is O=C(O)[C@H]1O[C@H](OC(c2ccccc2Cl)C(O)(Cn2cncn2)c2ccc(F)cc2O)[C@H](O)[C@@H](O)[C@@H]1O. The molecule has 12 nitrogen and oxygen atoms in total. The van der Waals surface area contributed by atoms with Crippen LogP contribution in [0, 0.1) is 5.82 Å². The van der Waals surface area contributed by atoms with Crippen LogP contribution in [0.2, 0.25) is 5.02 Å². The zero-order valence-electron chi connectivity index (χ0n) is 18.9. The molecule has 6 N–H and O–H groups in total. The van der Waals surface area contributed by atoms with E-state index in [-0.39, 0.29) is 16.1 Å². The van der Waals surface area contributed by atoms with Crippen LogP contribution in [0.1, 0.15) is 17.2 Å². The zero-order chi connectivity index (χ0) is 26.9. The number of benzene rings is 2. The van der Waals surface area contributed by atoms with E-state index in [1.807, 2.05) is 0 Å². The van der Waals surface area contributed by atoms with Crippen molar-refractivity contribution in [3.63, 3.8) is 0 Å². The van der Waals surface area contributed by atoms with E-state index < -0.39 is 66.5 Å². The average Bonchev–Trinajstić information content (AvgIpc) is 3.35. The number of rotatable bonds is 8. The van der Waals surface area contributed by atoms with Gasteiger partial charge < -0.3 is 40.1 Å². The van der Waals surface area contributed by atoms with Gasteiger partial charge in [0, 0.05) is 22.2 Å². The number of aliphatic hydroxyl groups excluding tert-OH is 3. The molecule has 7 atom stereocenters. The lowest BCUT2D eigenvalue weighted by Crippen LogP contribution is -2.61. The van der Waals surface area contributed by atoms with Crippen molar-refractivity contribution >= 4 is 17.6 Å². The fourth-order valence-electron chi connectivity index (χ4n) is 4.17. The van der Waals surface area contributed by atoms with Gasteiger partial charge in [-0.3, -0.25) is 0 Å². The summed E-state index contributed by atoms with van der Waals surface area (Å²) < 4.78 is 26.2. The maximum Gasteiger partial charge on any atom is 0.335 e. The van der Waals surface area contributed by atoms with Crippen molar-refractivity contribution in [2.24, 2.45) is 0 Å². The molecule has 4 rings (SSSR count). The van der Waals surface area contributed by atoms with Crippen molar-refractivity contribution in [2.45, 2.75) is 49.0 Å². The number of carboxylic acids is 1. The summed E-state index contributed by atoms with van der Waals surface area (Å²) in [5.41, 5.74) is -2.48. The molecule has 0 radical (unpaired) electrons. The third-order valence-corrected chi connectivity index (χ3v) is 6.34. The maximum atomic E-state index is 13.8. The van der Waals surface area contributed by atoms with Crippen LogP contribution in [-0.4, -0.2) is 82.1 Å². The van der Waals surface area contributed by atoms with Crippen LogP contribution in [0.4, 0.5) is 4.39 Å². The molecule has 0 bridgehead atoms. The van der Waals surface area contributed by atoms with Crippen LogP contribution in [0.25, 0.3) is 0 Å². The van der Waals surface area contributed by atoms with Gasteiger partial charge in [0.05, 0.1) is 6.54 Å². The Balaban J connectivity index is 1.86. The third-order valence-electron chi connectivity index (χ3n) is 6.00. The molecule has 1 aromatic heterocycles. The molecule has 1 aliphatic heterocycles. The van der Waals surface area contributed by atoms with Crippen LogP contribution in [-0.2, 0) is 26.4 Å². The van der Waals surface area contributed by atoms with Gasteiger partial charge in [-0.1, -0.05) is 29.8 Å². The normalized spacial score (nSPS) is 26.4. The molecule has 1 saturated heterocycles. The van der Waals surface area contributed by atoms with Crippen molar-refractivity contribution < 1.29 is 49.3 Å². The quantitative estimate of drug-likeness (QED) is 0.231. The lowest BCUT2D eigenvalue weighted by atomic mass is 9.83. The number of aromatic hydroxyl groups is 1. The van der Waals surface area contributed by atoms with E-state index in [2.05, 4.69) is 10.1 Å². The van der Waals surface area contributed by atoms with Crippen LogP contribution in [0.5, 0.6) is 5.75 Å². The molecule has 0 saturated carbocycles. The molecule has 1 fully saturated rings. The Labute approximate surface area is 213 Å². The summed E-state index contributed by atoms with van der Waals surface area (Å²) in [5, 5.41) is 67.0. The summed E-state index contributed by atoms with van der Waals surface area (Å²) in [6.07, 6.45) is -9.06. The number of aliphatic carboxylic acids is 1. The minimum absolute atomic E-state index is 0.0618. The Morgan fingerprint density at radius 2 is 1.92 bits per heavy atom. The molecule has 2 unspecified atom stereocenters. The van der Waals surface area contributed by atoms with Gasteiger partial charge in [-0.05, 0) is 18.2 Å². The van der Waals surface area contributed by atoms with Crippen LogP contribution >= 0.6 is 11.6 Å². The van der Waals surface area contributed by atoms with Gasteiger partial charge in [0.2, 0.25) is 0 Å². The highest BCUT2D eigenvalue weighted by Crippen LogP contribution is 2.46. The van der Waals surface area contributed by atoms with E-state index in [4.69, 9.17) is 21.1 Å². The monoisotopic (exact) mass is 539 g/mol. The van der Waals surface area contributed by atoms with E-state index >= 15 is 0 Å². The number of hydrogen-bond acceptors (Lipinski definition) is 10.